The zero-order valence-corrected chi connectivity index (χ0v) is 13.6. The Morgan fingerprint density at radius 3 is 2.25 bits per heavy atom. The van der Waals surface area contributed by atoms with Crippen LogP contribution in [0.5, 0.6) is 0 Å². The van der Waals surface area contributed by atoms with E-state index in [1.165, 1.54) is 0 Å². The fourth-order valence-electron chi connectivity index (χ4n) is 2.05. The first-order valence-electron chi connectivity index (χ1n) is 7.95. The van der Waals surface area contributed by atoms with Crippen molar-refractivity contribution in [3.8, 4) is 0 Å². The summed E-state index contributed by atoms with van der Waals surface area (Å²) in [5, 5.41) is 2.60. The molecule has 0 aliphatic heterocycles. The third-order valence-electron chi connectivity index (χ3n) is 3.30. The summed E-state index contributed by atoms with van der Waals surface area (Å²) in [6.07, 6.45) is -0.114. The summed E-state index contributed by atoms with van der Waals surface area (Å²) < 4.78 is 10.5. The molecular formula is C19H21NO4. The zero-order valence-electron chi connectivity index (χ0n) is 13.6. The lowest BCUT2D eigenvalue weighted by Crippen LogP contribution is -2.25. The highest BCUT2D eigenvalue weighted by Gasteiger charge is 2.26. The van der Waals surface area contributed by atoms with Gasteiger partial charge >= 0.3 is 12.1 Å². The number of hydrogen-bond acceptors (Lipinski definition) is 4. The van der Waals surface area contributed by atoms with Crippen LogP contribution in [-0.4, -0.2) is 18.7 Å². The molecule has 0 radical (unpaired) electrons. The van der Waals surface area contributed by atoms with Gasteiger partial charge in [-0.3, -0.25) is 5.32 Å². The van der Waals surface area contributed by atoms with Gasteiger partial charge in [0.1, 0.15) is 0 Å². The van der Waals surface area contributed by atoms with E-state index >= 15 is 0 Å². The molecule has 0 saturated heterocycles. The quantitative estimate of drug-likeness (QED) is 0.607. The van der Waals surface area contributed by atoms with Crippen molar-refractivity contribution in [3.63, 3.8) is 0 Å². The number of hydrogen-bond donors (Lipinski definition) is 1. The number of anilines is 1. The lowest BCUT2D eigenvalue weighted by atomic mass is 10.1. The van der Waals surface area contributed by atoms with Crippen LogP contribution in [0.1, 0.15) is 31.4 Å². The number of nitrogens with one attached hydrogen (secondary N) is 1. The van der Waals surface area contributed by atoms with Crippen LogP contribution in [-0.2, 0) is 14.3 Å². The maximum Gasteiger partial charge on any atom is 0.412 e. The van der Waals surface area contributed by atoms with Gasteiger partial charge in [-0.05, 0) is 18.6 Å². The SMILES string of the molecule is CCCCOC(=O)C(OC(=O)Nc1ccccc1)c1ccccc1. The largest absolute Gasteiger partial charge is 0.463 e. The molecule has 1 unspecified atom stereocenters. The topological polar surface area (TPSA) is 64.6 Å². The predicted octanol–water partition coefficient (Wildman–Crippen LogP) is 4.32. The molecule has 5 nitrogen and oxygen atoms in total. The molecule has 5 heteroatoms. The Bertz CT molecular complexity index is 643. The van der Waals surface area contributed by atoms with Gasteiger partial charge in [0.05, 0.1) is 6.61 Å². The summed E-state index contributed by atoms with van der Waals surface area (Å²) in [4.78, 5) is 24.4. The standard InChI is InChI=1S/C19H21NO4/c1-2-3-14-23-18(21)17(15-10-6-4-7-11-15)24-19(22)20-16-12-8-5-9-13-16/h4-13,17H,2-3,14H2,1H3,(H,20,22). The van der Waals surface area contributed by atoms with Gasteiger partial charge in [0, 0.05) is 11.3 Å². The third-order valence-corrected chi connectivity index (χ3v) is 3.30. The van der Waals surface area contributed by atoms with E-state index in [1.54, 1.807) is 48.5 Å². The number of unbranched alkanes of at least 4 members (excludes halogenated alkanes) is 1. The van der Waals surface area contributed by atoms with Gasteiger partial charge < -0.3 is 9.47 Å². The highest BCUT2D eigenvalue weighted by Crippen LogP contribution is 2.20. The number of benzene rings is 2. The van der Waals surface area contributed by atoms with Crippen molar-refractivity contribution in [2.24, 2.45) is 0 Å². The van der Waals surface area contributed by atoms with Crippen LogP contribution < -0.4 is 5.32 Å². The smallest absolute Gasteiger partial charge is 0.412 e. The number of amides is 1. The molecule has 1 N–H and O–H groups in total. The number of esters is 1. The fraction of sp³-hybridized carbons (Fsp3) is 0.263. The van der Waals surface area contributed by atoms with Gasteiger partial charge in [0.15, 0.2) is 0 Å². The maximum absolute atomic E-state index is 12.3. The summed E-state index contributed by atoms with van der Waals surface area (Å²) in [6.45, 7) is 2.31. The highest BCUT2D eigenvalue weighted by atomic mass is 16.6. The first-order valence-corrected chi connectivity index (χ1v) is 7.95. The Kier molecular flexibility index (Phi) is 6.83. The van der Waals surface area contributed by atoms with Crippen molar-refractivity contribution in [3.05, 3.63) is 66.2 Å². The molecule has 2 aromatic carbocycles. The molecule has 0 aliphatic carbocycles. The maximum atomic E-state index is 12.3. The van der Waals surface area contributed by atoms with Crippen LogP contribution in [0.4, 0.5) is 10.5 Å². The van der Waals surface area contributed by atoms with Gasteiger partial charge in [0.2, 0.25) is 6.10 Å². The first kappa shape index (κ1) is 17.5. The molecule has 126 valence electrons. The molecule has 0 bridgehead atoms. The average molecular weight is 327 g/mol. The van der Waals surface area contributed by atoms with Crippen molar-refractivity contribution >= 4 is 17.7 Å². The Labute approximate surface area is 141 Å². The zero-order chi connectivity index (χ0) is 17.2. The van der Waals surface area contributed by atoms with E-state index in [9.17, 15) is 9.59 Å². The molecule has 0 aromatic heterocycles. The lowest BCUT2D eigenvalue weighted by Gasteiger charge is -2.17. The second kappa shape index (κ2) is 9.35. The molecule has 0 aliphatic rings. The van der Waals surface area contributed by atoms with E-state index in [2.05, 4.69) is 5.32 Å². The van der Waals surface area contributed by atoms with Crippen molar-refractivity contribution in [2.75, 3.05) is 11.9 Å². The van der Waals surface area contributed by atoms with Gasteiger partial charge in [-0.25, -0.2) is 9.59 Å². The average Bonchev–Trinajstić information content (AvgIpc) is 2.61. The third kappa shape index (κ3) is 5.43. The Morgan fingerprint density at radius 1 is 1.00 bits per heavy atom. The molecule has 1 amide bonds. The van der Waals surface area contributed by atoms with Crippen molar-refractivity contribution in [1.29, 1.82) is 0 Å². The van der Waals surface area contributed by atoms with Crippen LogP contribution in [0.2, 0.25) is 0 Å². The van der Waals surface area contributed by atoms with E-state index in [0.29, 0.717) is 17.9 Å². The summed E-state index contributed by atoms with van der Waals surface area (Å²) in [6, 6.07) is 17.7. The van der Waals surface area contributed by atoms with Crippen molar-refractivity contribution < 1.29 is 19.1 Å². The molecule has 0 spiro atoms. The van der Waals surface area contributed by atoms with Gasteiger partial charge in [0.25, 0.3) is 0 Å². The molecule has 0 fully saturated rings. The van der Waals surface area contributed by atoms with Crippen LogP contribution >= 0.6 is 0 Å². The van der Waals surface area contributed by atoms with E-state index < -0.39 is 18.2 Å². The second-order valence-corrected chi connectivity index (χ2v) is 5.21. The Balaban J connectivity index is 2.05. The number of rotatable bonds is 7. The summed E-state index contributed by atoms with van der Waals surface area (Å²) >= 11 is 0. The number of ether oxygens (including phenoxy) is 2. The first-order chi connectivity index (χ1) is 11.7. The highest BCUT2D eigenvalue weighted by molar-refractivity contribution is 5.87. The summed E-state index contributed by atoms with van der Waals surface area (Å²) in [5.74, 6) is -0.571. The van der Waals surface area contributed by atoms with E-state index in [1.807, 2.05) is 19.1 Å². The minimum absolute atomic E-state index is 0.308. The number of para-hydroxylation sites is 1. The predicted molar refractivity (Wildman–Crippen MR) is 91.6 cm³/mol. The Hall–Kier alpha value is -2.82. The van der Waals surface area contributed by atoms with Gasteiger partial charge in [-0.1, -0.05) is 61.9 Å². The second-order valence-electron chi connectivity index (χ2n) is 5.21. The van der Waals surface area contributed by atoms with Crippen LogP contribution in [0, 0.1) is 0 Å². The molecular weight excluding hydrogens is 306 g/mol. The van der Waals surface area contributed by atoms with Crippen LogP contribution in [0.3, 0.4) is 0 Å². The molecule has 2 aromatic rings. The van der Waals surface area contributed by atoms with Crippen LogP contribution in [0.25, 0.3) is 0 Å². The van der Waals surface area contributed by atoms with E-state index in [0.717, 1.165) is 12.8 Å². The normalized spacial score (nSPS) is 11.4. The Morgan fingerprint density at radius 2 is 1.62 bits per heavy atom. The molecule has 0 heterocycles. The van der Waals surface area contributed by atoms with Crippen LogP contribution in [0.15, 0.2) is 60.7 Å². The van der Waals surface area contributed by atoms with E-state index in [4.69, 9.17) is 9.47 Å². The van der Waals surface area contributed by atoms with Crippen molar-refractivity contribution in [2.45, 2.75) is 25.9 Å². The van der Waals surface area contributed by atoms with Gasteiger partial charge in [-0.15, -0.1) is 0 Å². The monoisotopic (exact) mass is 327 g/mol. The van der Waals surface area contributed by atoms with Gasteiger partial charge in [-0.2, -0.15) is 0 Å². The minimum atomic E-state index is -1.09. The molecule has 0 saturated carbocycles. The lowest BCUT2D eigenvalue weighted by molar-refractivity contribution is -0.154. The van der Waals surface area contributed by atoms with Crippen molar-refractivity contribution in [1.82, 2.24) is 0 Å². The van der Waals surface area contributed by atoms with E-state index in [-0.39, 0.29) is 0 Å². The molecule has 24 heavy (non-hydrogen) atoms. The number of carbonyl (C=O) groups excluding carboxylic acids is 2. The number of carbonyl (C=O) groups is 2. The summed E-state index contributed by atoms with van der Waals surface area (Å²) in [7, 11) is 0. The molecule has 2 rings (SSSR count). The fourth-order valence-corrected chi connectivity index (χ4v) is 2.05. The molecule has 1 atom stereocenters. The minimum Gasteiger partial charge on any atom is -0.463 e. The summed E-state index contributed by atoms with van der Waals surface area (Å²) in [5.41, 5.74) is 1.16.